The first-order valence-corrected chi connectivity index (χ1v) is 7.20. The summed E-state index contributed by atoms with van der Waals surface area (Å²) >= 11 is 4.93. The summed E-state index contributed by atoms with van der Waals surface area (Å²) < 4.78 is 11.6. The Balaban J connectivity index is 1.84. The van der Waals surface area contributed by atoms with Gasteiger partial charge in [0, 0.05) is 6.61 Å². The second kappa shape index (κ2) is 5.08. The minimum absolute atomic E-state index is 0.219. The number of rotatable bonds is 2. The van der Waals surface area contributed by atoms with E-state index in [1.165, 1.54) is 11.3 Å². The summed E-state index contributed by atoms with van der Waals surface area (Å²) in [5.74, 6) is 0.781. The molecule has 0 amide bonds. The van der Waals surface area contributed by atoms with E-state index in [1.807, 2.05) is 12.1 Å². The molecule has 0 radical (unpaired) electrons. The van der Waals surface area contributed by atoms with Gasteiger partial charge in [-0.25, -0.2) is 0 Å². The molecule has 2 aromatic heterocycles. The molecule has 96 valence electrons. The lowest BCUT2D eigenvalue weighted by Crippen LogP contribution is -2.30. The van der Waals surface area contributed by atoms with Gasteiger partial charge in [0.15, 0.2) is 0 Å². The van der Waals surface area contributed by atoms with Gasteiger partial charge in [0.05, 0.1) is 27.3 Å². The first kappa shape index (κ1) is 12.3. The molecule has 3 rings (SSSR count). The van der Waals surface area contributed by atoms with Crippen LogP contribution in [0.4, 0.5) is 0 Å². The van der Waals surface area contributed by atoms with Crippen LogP contribution in [0.25, 0.3) is 10.7 Å². The third-order valence-electron chi connectivity index (χ3n) is 2.87. The highest BCUT2D eigenvalue weighted by Gasteiger charge is 2.30. The first-order chi connectivity index (χ1) is 8.74. The van der Waals surface area contributed by atoms with Crippen LogP contribution in [0.3, 0.4) is 0 Å². The van der Waals surface area contributed by atoms with Crippen LogP contribution in [-0.2, 0) is 4.74 Å². The van der Waals surface area contributed by atoms with Crippen molar-refractivity contribution in [3.63, 3.8) is 0 Å². The van der Waals surface area contributed by atoms with Crippen LogP contribution in [0.15, 0.2) is 20.4 Å². The number of aromatic nitrogens is 2. The molecule has 0 saturated carbocycles. The Morgan fingerprint density at radius 1 is 1.44 bits per heavy atom. The molecule has 0 bridgehead atoms. The van der Waals surface area contributed by atoms with E-state index in [9.17, 15) is 5.11 Å². The van der Waals surface area contributed by atoms with Gasteiger partial charge in [-0.05, 0) is 34.5 Å². The van der Waals surface area contributed by atoms with Gasteiger partial charge in [-0.15, -0.1) is 11.3 Å². The summed E-state index contributed by atoms with van der Waals surface area (Å²) in [6, 6.07) is 3.87. The molecular formula is C11H11BrN2O3S. The van der Waals surface area contributed by atoms with Crippen molar-refractivity contribution in [1.82, 2.24) is 10.1 Å². The predicted octanol–water partition coefficient (Wildman–Crippen LogP) is 2.43. The van der Waals surface area contributed by atoms with Gasteiger partial charge in [-0.1, -0.05) is 5.16 Å². The molecular weight excluding hydrogens is 320 g/mol. The molecule has 3 heterocycles. The topological polar surface area (TPSA) is 68.4 Å². The maximum atomic E-state index is 9.89. The fourth-order valence-electron chi connectivity index (χ4n) is 1.88. The average Bonchev–Trinajstić information content (AvgIpc) is 2.98. The van der Waals surface area contributed by atoms with Crippen LogP contribution in [0.2, 0.25) is 0 Å². The zero-order valence-corrected chi connectivity index (χ0v) is 11.8. The van der Waals surface area contributed by atoms with Crippen molar-refractivity contribution in [2.45, 2.75) is 18.4 Å². The zero-order valence-electron chi connectivity index (χ0n) is 9.38. The third kappa shape index (κ3) is 2.35. The molecule has 0 spiro atoms. The second-order valence-corrected chi connectivity index (χ2v) is 6.56. The van der Waals surface area contributed by atoms with Gasteiger partial charge in [0.1, 0.15) is 0 Å². The molecule has 5 nitrogen and oxygen atoms in total. The maximum Gasteiger partial charge on any atom is 0.235 e. The van der Waals surface area contributed by atoms with Gasteiger partial charge in [0.2, 0.25) is 11.7 Å². The zero-order chi connectivity index (χ0) is 12.5. The van der Waals surface area contributed by atoms with Crippen LogP contribution in [-0.4, -0.2) is 34.6 Å². The third-order valence-corrected chi connectivity index (χ3v) is 4.49. The van der Waals surface area contributed by atoms with Crippen LogP contribution in [0.5, 0.6) is 0 Å². The van der Waals surface area contributed by atoms with E-state index in [0.29, 0.717) is 31.3 Å². The van der Waals surface area contributed by atoms with Gasteiger partial charge < -0.3 is 14.4 Å². The van der Waals surface area contributed by atoms with Crippen molar-refractivity contribution in [2.24, 2.45) is 0 Å². The Bertz CT molecular complexity index is 542. The van der Waals surface area contributed by atoms with Crippen molar-refractivity contribution in [3.05, 3.63) is 21.8 Å². The molecule has 1 saturated heterocycles. The molecule has 2 atom stereocenters. The lowest BCUT2D eigenvalue weighted by Gasteiger charge is -2.24. The van der Waals surface area contributed by atoms with Crippen molar-refractivity contribution < 1.29 is 14.4 Å². The molecule has 2 unspecified atom stereocenters. The van der Waals surface area contributed by atoms with Crippen molar-refractivity contribution >= 4 is 27.3 Å². The summed E-state index contributed by atoms with van der Waals surface area (Å²) in [6.07, 6.45) is 0.134. The molecule has 0 aromatic carbocycles. The SMILES string of the molecule is OC1CCOCC1c1nc(-c2ccc(Br)s2)no1. The number of thiophene rings is 1. The number of halogens is 1. The van der Waals surface area contributed by atoms with E-state index in [0.717, 1.165) is 8.66 Å². The van der Waals surface area contributed by atoms with Gasteiger partial charge in [-0.2, -0.15) is 4.98 Å². The monoisotopic (exact) mass is 330 g/mol. The van der Waals surface area contributed by atoms with Crippen LogP contribution >= 0.6 is 27.3 Å². The van der Waals surface area contributed by atoms with E-state index in [1.54, 1.807) is 0 Å². The Morgan fingerprint density at radius 2 is 2.33 bits per heavy atom. The minimum atomic E-state index is -0.470. The largest absolute Gasteiger partial charge is 0.392 e. The average molecular weight is 331 g/mol. The number of nitrogens with zero attached hydrogens (tertiary/aromatic N) is 2. The predicted molar refractivity (Wildman–Crippen MR) is 69.5 cm³/mol. The van der Waals surface area contributed by atoms with Gasteiger partial charge in [0.25, 0.3) is 0 Å². The molecule has 7 heteroatoms. The molecule has 18 heavy (non-hydrogen) atoms. The summed E-state index contributed by atoms with van der Waals surface area (Å²) in [5.41, 5.74) is 0. The van der Waals surface area contributed by atoms with Crippen LogP contribution in [0.1, 0.15) is 18.2 Å². The summed E-state index contributed by atoms with van der Waals surface area (Å²) in [4.78, 5) is 5.27. The first-order valence-electron chi connectivity index (χ1n) is 5.59. The normalized spacial score (nSPS) is 24.3. The standard InChI is InChI=1S/C11H11BrN2O3S/c12-9-2-1-8(18-9)10-13-11(17-14-10)6-5-16-4-3-7(6)15/h1-2,6-7,15H,3-5H2. The Kier molecular flexibility index (Phi) is 3.47. The number of hydrogen-bond acceptors (Lipinski definition) is 6. The van der Waals surface area contributed by atoms with E-state index < -0.39 is 6.10 Å². The molecule has 2 aromatic rings. The highest BCUT2D eigenvalue weighted by atomic mass is 79.9. The van der Waals surface area contributed by atoms with Crippen LogP contribution < -0.4 is 0 Å². The fourth-order valence-corrected chi connectivity index (χ4v) is 3.19. The minimum Gasteiger partial charge on any atom is -0.392 e. The maximum absolute atomic E-state index is 9.89. The fraction of sp³-hybridized carbons (Fsp3) is 0.455. The number of aliphatic hydroxyl groups excluding tert-OH is 1. The highest BCUT2D eigenvalue weighted by Crippen LogP contribution is 2.31. The smallest absolute Gasteiger partial charge is 0.235 e. The lowest BCUT2D eigenvalue weighted by atomic mass is 9.99. The number of hydrogen-bond donors (Lipinski definition) is 1. The summed E-state index contributed by atoms with van der Waals surface area (Å²) in [6.45, 7) is 1.01. The Morgan fingerprint density at radius 3 is 3.06 bits per heavy atom. The summed E-state index contributed by atoms with van der Waals surface area (Å²) in [7, 11) is 0. The molecule has 1 aliphatic rings. The van der Waals surface area contributed by atoms with E-state index in [-0.39, 0.29) is 5.92 Å². The van der Waals surface area contributed by atoms with Crippen LogP contribution in [0, 0.1) is 0 Å². The van der Waals surface area contributed by atoms with Crippen molar-refractivity contribution in [3.8, 4) is 10.7 Å². The number of aliphatic hydroxyl groups is 1. The summed E-state index contributed by atoms with van der Waals surface area (Å²) in [5, 5.41) is 13.8. The molecule has 1 aliphatic heterocycles. The number of ether oxygens (including phenoxy) is 1. The second-order valence-electron chi connectivity index (χ2n) is 4.10. The quantitative estimate of drug-likeness (QED) is 0.915. The van der Waals surface area contributed by atoms with Gasteiger partial charge in [-0.3, -0.25) is 0 Å². The van der Waals surface area contributed by atoms with Crippen molar-refractivity contribution in [1.29, 1.82) is 0 Å². The highest BCUT2D eigenvalue weighted by molar-refractivity contribution is 9.11. The van der Waals surface area contributed by atoms with E-state index in [4.69, 9.17) is 9.26 Å². The Hall–Kier alpha value is -0.760. The van der Waals surface area contributed by atoms with Gasteiger partial charge >= 0.3 is 0 Å². The Labute approximate surface area is 116 Å². The molecule has 1 N–H and O–H groups in total. The van der Waals surface area contributed by atoms with E-state index in [2.05, 4.69) is 26.1 Å². The van der Waals surface area contributed by atoms with E-state index >= 15 is 0 Å². The molecule has 0 aliphatic carbocycles. The molecule has 1 fully saturated rings. The lowest BCUT2D eigenvalue weighted by molar-refractivity contribution is -0.0149. The van der Waals surface area contributed by atoms with Crippen molar-refractivity contribution in [2.75, 3.05) is 13.2 Å².